The number of hydrogen-bond donors (Lipinski definition) is 1. The first kappa shape index (κ1) is 14.2. The van der Waals surface area contributed by atoms with Crippen molar-refractivity contribution in [3.05, 3.63) is 40.6 Å². The molecule has 1 aromatic carbocycles. The van der Waals surface area contributed by atoms with E-state index in [2.05, 4.69) is 34.7 Å². The summed E-state index contributed by atoms with van der Waals surface area (Å²) in [6, 6.07) is 4.72. The molecule has 0 aliphatic heterocycles. The van der Waals surface area contributed by atoms with Crippen LogP contribution in [-0.4, -0.2) is 13.2 Å². The summed E-state index contributed by atoms with van der Waals surface area (Å²) < 4.78 is 19.4. The first-order chi connectivity index (χ1) is 8.11. The molecule has 0 spiro atoms. The van der Waals surface area contributed by atoms with E-state index >= 15 is 0 Å². The van der Waals surface area contributed by atoms with Crippen LogP contribution in [0.2, 0.25) is 0 Å². The van der Waals surface area contributed by atoms with Gasteiger partial charge in [-0.1, -0.05) is 29.4 Å². The van der Waals surface area contributed by atoms with Crippen LogP contribution in [0.5, 0.6) is 5.75 Å². The van der Waals surface area contributed by atoms with E-state index in [-0.39, 0.29) is 5.82 Å². The summed E-state index contributed by atoms with van der Waals surface area (Å²) in [5.41, 5.74) is 0.883. The predicted octanol–water partition coefficient (Wildman–Crippen LogP) is 3.61. The van der Waals surface area contributed by atoms with Gasteiger partial charge in [-0.25, -0.2) is 4.39 Å². The van der Waals surface area contributed by atoms with Gasteiger partial charge >= 0.3 is 0 Å². The Morgan fingerprint density at radius 3 is 2.88 bits per heavy atom. The minimum atomic E-state index is -0.281. The largest absolute Gasteiger partial charge is 0.488 e. The summed E-state index contributed by atoms with van der Waals surface area (Å²) in [7, 11) is 0. The molecule has 0 saturated heterocycles. The van der Waals surface area contributed by atoms with E-state index in [0.29, 0.717) is 18.9 Å². The molecule has 0 heterocycles. The van der Waals surface area contributed by atoms with E-state index in [1.54, 1.807) is 0 Å². The topological polar surface area (TPSA) is 21.3 Å². The molecule has 0 aliphatic carbocycles. The van der Waals surface area contributed by atoms with Crippen LogP contribution in [-0.2, 0) is 6.54 Å². The van der Waals surface area contributed by atoms with Crippen LogP contribution in [0, 0.1) is 5.82 Å². The molecule has 0 aliphatic rings. The fraction of sp³-hybridized carbons (Fsp3) is 0.385. The van der Waals surface area contributed by atoms with Crippen molar-refractivity contribution in [3.63, 3.8) is 0 Å². The second kappa shape index (κ2) is 7.45. The minimum Gasteiger partial charge on any atom is -0.488 e. The SMILES string of the molecule is C=C(Br)COc1cc(F)cc(CNCCC)c1. The lowest BCUT2D eigenvalue weighted by molar-refractivity contribution is 0.358. The Morgan fingerprint density at radius 2 is 2.24 bits per heavy atom. The Hall–Kier alpha value is -0.870. The molecule has 94 valence electrons. The fourth-order valence-electron chi connectivity index (χ4n) is 1.38. The second-order valence-electron chi connectivity index (χ2n) is 3.78. The van der Waals surface area contributed by atoms with Crippen LogP contribution in [0.1, 0.15) is 18.9 Å². The molecule has 0 amide bonds. The van der Waals surface area contributed by atoms with E-state index in [9.17, 15) is 4.39 Å². The first-order valence-corrected chi connectivity index (χ1v) is 6.37. The van der Waals surface area contributed by atoms with Gasteiger partial charge in [-0.15, -0.1) is 0 Å². The standard InChI is InChI=1S/C13H17BrFNO/c1-3-4-16-8-11-5-12(15)7-13(6-11)17-9-10(2)14/h5-7,16H,2-4,8-9H2,1H3. The second-order valence-corrected chi connectivity index (χ2v) is 4.90. The molecule has 17 heavy (non-hydrogen) atoms. The lowest BCUT2D eigenvalue weighted by atomic mass is 10.2. The molecule has 4 heteroatoms. The van der Waals surface area contributed by atoms with Crippen molar-refractivity contribution in [1.29, 1.82) is 0 Å². The maximum atomic E-state index is 13.3. The smallest absolute Gasteiger partial charge is 0.127 e. The quantitative estimate of drug-likeness (QED) is 0.777. The highest BCUT2D eigenvalue weighted by Crippen LogP contribution is 2.17. The van der Waals surface area contributed by atoms with Crippen LogP contribution in [0.4, 0.5) is 4.39 Å². The summed E-state index contributed by atoms with van der Waals surface area (Å²) >= 11 is 3.19. The van der Waals surface area contributed by atoms with Crippen LogP contribution in [0.3, 0.4) is 0 Å². The highest BCUT2D eigenvalue weighted by Gasteiger charge is 2.02. The molecule has 0 saturated carbocycles. The van der Waals surface area contributed by atoms with Gasteiger partial charge in [-0.05, 0) is 30.7 Å². The van der Waals surface area contributed by atoms with Crippen molar-refractivity contribution in [3.8, 4) is 5.75 Å². The number of halogens is 2. The molecule has 1 rings (SSSR count). The zero-order chi connectivity index (χ0) is 12.7. The normalized spacial score (nSPS) is 10.3. The van der Waals surface area contributed by atoms with E-state index in [1.807, 2.05) is 6.07 Å². The fourth-order valence-corrected chi connectivity index (χ4v) is 1.49. The summed E-state index contributed by atoms with van der Waals surface area (Å²) in [4.78, 5) is 0. The number of benzene rings is 1. The molecule has 2 nitrogen and oxygen atoms in total. The van der Waals surface area contributed by atoms with Crippen molar-refractivity contribution in [2.24, 2.45) is 0 Å². The Morgan fingerprint density at radius 1 is 1.47 bits per heavy atom. The average Bonchev–Trinajstić information content (AvgIpc) is 2.26. The molecule has 0 atom stereocenters. The average molecular weight is 302 g/mol. The van der Waals surface area contributed by atoms with E-state index < -0.39 is 0 Å². The molecule has 0 aromatic heterocycles. The maximum Gasteiger partial charge on any atom is 0.127 e. The van der Waals surface area contributed by atoms with Crippen molar-refractivity contribution in [2.45, 2.75) is 19.9 Å². The van der Waals surface area contributed by atoms with E-state index in [0.717, 1.165) is 23.0 Å². The van der Waals surface area contributed by atoms with Gasteiger partial charge in [-0.3, -0.25) is 0 Å². The summed E-state index contributed by atoms with van der Waals surface area (Å²) in [6.45, 7) is 7.66. The summed E-state index contributed by atoms with van der Waals surface area (Å²) in [5.74, 6) is 0.245. The molecule has 1 N–H and O–H groups in total. The molecular formula is C13H17BrFNO. The Kier molecular flexibility index (Phi) is 6.22. The lowest BCUT2D eigenvalue weighted by Crippen LogP contribution is -2.14. The Labute approximate surface area is 110 Å². The van der Waals surface area contributed by atoms with Gasteiger partial charge in [0.15, 0.2) is 0 Å². The van der Waals surface area contributed by atoms with Crippen molar-refractivity contribution < 1.29 is 9.13 Å². The highest BCUT2D eigenvalue weighted by molar-refractivity contribution is 9.11. The van der Waals surface area contributed by atoms with Gasteiger partial charge in [0.2, 0.25) is 0 Å². The minimum absolute atomic E-state index is 0.281. The van der Waals surface area contributed by atoms with Gasteiger partial charge in [0.1, 0.15) is 18.2 Å². The molecular weight excluding hydrogens is 285 g/mol. The first-order valence-electron chi connectivity index (χ1n) is 5.58. The van der Waals surface area contributed by atoms with Crippen molar-refractivity contribution in [1.82, 2.24) is 5.32 Å². The number of ether oxygens (including phenoxy) is 1. The van der Waals surface area contributed by atoms with Crippen LogP contribution >= 0.6 is 15.9 Å². The van der Waals surface area contributed by atoms with Crippen LogP contribution < -0.4 is 10.1 Å². The van der Waals surface area contributed by atoms with Gasteiger partial charge in [-0.2, -0.15) is 0 Å². The maximum absolute atomic E-state index is 13.3. The third kappa shape index (κ3) is 5.84. The third-order valence-corrected chi connectivity index (χ3v) is 2.31. The lowest BCUT2D eigenvalue weighted by Gasteiger charge is -2.08. The monoisotopic (exact) mass is 301 g/mol. The zero-order valence-electron chi connectivity index (χ0n) is 9.93. The zero-order valence-corrected chi connectivity index (χ0v) is 11.5. The van der Waals surface area contributed by atoms with Gasteiger partial charge in [0, 0.05) is 17.1 Å². The number of nitrogens with one attached hydrogen (secondary N) is 1. The van der Waals surface area contributed by atoms with Gasteiger partial charge in [0.05, 0.1) is 0 Å². The molecule has 0 fully saturated rings. The van der Waals surface area contributed by atoms with Crippen LogP contribution in [0.15, 0.2) is 29.3 Å². The summed E-state index contributed by atoms with van der Waals surface area (Å²) in [6.07, 6.45) is 1.06. The number of rotatable bonds is 7. The predicted molar refractivity (Wildman–Crippen MR) is 72.0 cm³/mol. The number of hydrogen-bond acceptors (Lipinski definition) is 2. The highest BCUT2D eigenvalue weighted by atomic mass is 79.9. The van der Waals surface area contributed by atoms with Crippen LogP contribution in [0.25, 0.3) is 0 Å². The third-order valence-electron chi connectivity index (χ3n) is 2.08. The molecule has 0 radical (unpaired) electrons. The molecule has 1 aromatic rings. The molecule has 0 bridgehead atoms. The summed E-state index contributed by atoms with van der Waals surface area (Å²) in [5, 5.41) is 3.22. The Balaban J connectivity index is 2.62. The molecule has 0 unspecified atom stereocenters. The van der Waals surface area contributed by atoms with Crippen molar-refractivity contribution in [2.75, 3.05) is 13.2 Å². The van der Waals surface area contributed by atoms with Crippen molar-refractivity contribution >= 4 is 15.9 Å². The van der Waals surface area contributed by atoms with Gasteiger partial charge in [0.25, 0.3) is 0 Å². The van der Waals surface area contributed by atoms with Gasteiger partial charge < -0.3 is 10.1 Å². The van der Waals surface area contributed by atoms with E-state index in [4.69, 9.17) is 4.74 Å². The van der Waals surface area contributed by atoms with E-state index in [1.165, 1.54) is 12.1 Å². The Bertz CT molecular complexity index is 382.